The number of likely N-dealkylation sites (N-methyl/N-ethyl adjacent to an activating group) is 1. The fraction of sp³-hybridized carbons (Fsp3) is 0.410. The third kappa shape index (κ3) is 6.75. The average Bonchev–Trinajstić information content (AvgIpc) is 2.98. The number of carbonyl (C=O) groups excluding carboxylic acids is 1. The van der Waals surface area contributed by atoms with Crippen molar-refractivity contribution in [2.24, 2.45) is 16.7 Å². The summed E-state index contributed by atoms with van der Waals surface area (Å²) in [5.74, 6) is 1.20. The van der Waals surface area contributed by atoms with Crippen LogP contribution in [-0.2, 0) is 0 Å². The van der Waals surface area contributed by atoms with Gasteiger partial charge in [0.25, 0.3) is 0 Å². The van der Waals surface area contributed by atoms with Crippen LogP contribution in [0.2, 0.25) is 0 Å². The highest BCUT2D eigenvalue weighted by molar-refractivity contribution is 6.01. The lowest BCUT2D eigenvalue weighted by Crippen LogP contribution is -2.40. The molecule has 3 aromatic carbocycles. The van der Waals surface area contributed by atoms with Crippen molar-refractivity contribution in [3.63, 3.8) is 0 Å². The quantitative estimate of drug-likeness (QED) is 0.198. The molecule has 0 fully saturated rings. The van der Waals surface area contributed by atoms with E-state index in [0.717, 1.165) is 28.8 Å². The zero-order valence-corrected chi connectivity index (χ0v) is 26.9. The zero-order valence-electron chi connectivity index (χ0n) is 26.9. The summed E-state index contributed by atoms with van der Waals surface area (Å²) in [7, 11) is 1.99. The Bertz CT molecular complexity index is 1330. The molecule has 41 heavy (non-hydrogen) atoms. The SMILES string of the molecule is C=Cc1ccccc1C(=C)N(C)[C@@H](CC(C)C)C(=O)c1ccc(C(C)C(C)(C)C(C)(C)C(C)c2ccccc2)cc1. The summed E-state index contributed by atoms with van der Waals surface area (Å²) < 4.78 is 0. The first-order valence-corrected chi connectivity index (χ1v) is 15.1. The second-order valence-corrected chi connectivity index (χ2v) is 13.3. The number of ketones is 1. The highest BCUT2D eigenvalue weighted by atomic mass is 16.1. The molecule has 0 aliphatic carbocycles. The Morgan fingerprint density at radius 1 is 0.780 bits per heavy atom. The molecule has 2 unspecified atom stereocenters. The van der Waals surface area contributed by atoms with Crippen LogP contribution in [0.1, 0.15) is 106 Å². The van der Waals surface area contributed by atoms with Gasteiger partial charge in [-0.25, -0.2) is 0 Å². The minimum Gasteiger partial charge on any atom is -0.364 e. The molecule has 3 aromatic rings. The average molecular weight is 550 g/mol. The molecular formula is C39H51NO. The Hall–Kier alpha value is -3.39. The van der Waals surface area contributed by atoms with Crippen LogP contribution in [0.15, 0.2) is 92.0 Å². The molecule has 0 radical (unpaired) electrons. The van der Waals surface area contributed by atoms with Crippen molar-refractivity contribution in [2.75, 3.05) is 7.05 Å². The predicted molar refractivity (Wildman–Crippen MR) is 178 cm³/mol. The topological polar surface area (TPSA) is 20.3 Å². The smallest absolute Gasteiger partial charge is 0.185 e. The number of Topliss-reactive ketones (excluding diaryl/α,β-unsaturated/α-hetero) is 1. The van der Waals surface area contributed by atoms with Crippen molar-refractivity contribution in [3.8, 4) is 0 Å². The molecule has 0 heterocycles. The van der Waals surface area contributed by atoms with Crippen molar-refractivity contribution < 1.29 is 4.79 Å². The standard InChI is InChI=1S/C39H51NO/c1-12-31-18-16-17-21-35(31)30(6)40(11)36(26-27(2)3)37(41)34-24-22-33(23-25-34)29(5)39(9,10)38(7,8)28(4)32-19-14-13-15-20-32/h12-25,27-29,36H,1,6,26H2,2-5,7-11H3/t28?,29?,36-/m0/s1. The van der Waals surface area contributed by atoms with Gasteiger partial charge < -0.3 is 4.90 Å². The van der Waals surface area contributed by atoms with E-state index in [4.69, 9.17) is 0 Å². The van der Waals surface area contributed by atoms with E-state index in [9.17, 15) is 4.79 Å². The lowest BCUT2D eigenvalue weighted by atomic mass is 9.54. The van der Waals surface area contributed by atoms with E-state index in [1.54, 1.807) is 0 Å². The van der Waals surface area contributed by atoms with Crippen molar-refractivity contribution in [1.29, 1.82) is 0 Å². The van der Waals surface area contributed by atoms with Gasteiger partial charge in [0.2, 0.25) is 0 Å². The van der Waals surface area contributed by atoms with Crippen molar-refractivity contribution in [3.05, 3.63) is 120 Å². The largest absolute Gasteiger partial charge is 0.364 e. The molecule has 2 heteroatoms. The molecule has 0 aromatic heterocycles. The van der Waals surface area contributed by atoms with Gasteiger partial charge in [0.05, 0.1) is 6.04 Å². The molecule has 0 saturated carbocycles. The Kier molecular flexibility index (Phi) is 10.2. The van der Waals surface area contributed by atoms with Crippen molar-refractivity contribution in [2.45, 2.75) is 79.7 Å². The van der Waals surface area contributed by atoms with Gasteiger partial charge in [0.1, 0.15) is 0 Å². The first-order valence-electron chi connectivity index (χ1n) is 15.1. The number of carbonyl (C=O) groups is 1. The van der Waals surface area contributed by atoms with Gasteiger partial charge in [-0.3, -0.25) is 4.79 Å². The van der Waals surface area contributed by atoms with Crippen LogP contribution < -0.4 is 0 Å². The highest BCUT2D eigenvalue weighted by Gasteiger charge is 2.45. The predicted octanol–water partition coefficient (Wildman–Crippen LogP) is 10.5. The molecule has 0 amide bonds. The molecule has 0 saturated heterocycles. The molecule has 3 atom stereocenters. The zero-order chi connectivity index (χ0) is 30.5. The molecule has 218 valence electrons. The van der Waals surface area contributed by atoms with Gasteiger partial charge in [-0.05, 0) is 51.7 Å². The minimum absolute atomic E-state index is 0.00443. The lowest BCUT2D eigenvalue weighted by Gasteiger charge is -2.50. The summed E-state index contributed by atoms with van der Waals surface area (Å²) in [6.07, 6.45) is 2.60. The van der Waals surface area contributed by atoms with Crippen LogP contribution in [-0.4, -0.2) is 23.8 Å². The van der Waals surface area contributed by atoms with Crippen LogP contribution >= 0.6 is 0 Å². The van der Waals surface area contributed by atoms with E-state index in [1.807, 2.05) is 49.5 Å². The van der Waals surface area contributed by atoms with Gasteiger partial charge >= 0.3 is 0 Å². The van der Waals surface area contributed by atoms with Gasteiger partial charge in [-0.1, -0.05) is 153 Å². The fourth-order valence-corrected chi connectivity index (χ4v) is 6.02. The number of hydrogen-bond acceptors (Lipinski definition) is 2. The fourth-order valence-electron chi connectivity index (χ4n) is 6.02. The Morgan fingerprint density at radius 2 is 1.27 bits per heavy atom. The van der Waals surface area contributed by atoms with Crippen LogP contribution in [0.4, 0.5) is 0 Å². The summed E-state index contributed by atoms with van der Waals surface area (Å²) in [5.41, 5.74) is 6.28. The first kappa shape index (κ1) is 32.1. The molecule has 0 bridgehead atoms. The molecule has 0 spiro atoms. The van der Waals surface area contributed by atoms with E-state index in [-0.39, 0.29) is 22.7 Å². The van der Waals surface area contributed by atoms with E-state index >= 15 is 0 Å². The number of rotatable bonds is 13. The van der Waals surface area contributed by atoms with Crippen molar-refractivity contribution >= 4 is 17.6 Å². The molecular weight excluding hydrogens is 498 g/mol. The third-order valence-electron chi connectivity index (χ3n) is 10.2. The van der Waals surface area contributed by atoms with E-state index in [0.29, 0.717) is 17.8 Å². The molecule has 2 nitrogen and oxygen atoms in total. The van der Waals surface area contributed by atoms with E-state index in [1.165, 1.54) is 11.1 Å². The monoisotopic (exact) mass is 549 g/mol. The minimum atomic E-state index is -0.300. The van der Waals surface area contributed by atoms with Gasteiger partial charge in [0.15, 0.2) is 5.78 Å². The van der Waals surface area contributed by atoms with Crippen LogP contribution in [0.25, 0.3) is 11.8 Å². The summed E-state index contributed by atoms with van der Waals surface area (Å²) >= 11 is 0. The third-order valence-corrected chi connectivity index (χ3v) is 10.2. The van der Waals surface area contributed by atoms with Crippen LogP contribution in [0.5, 0.6) is 0 Å². The number of nitrogens with zero attached hydrogens (tertiary/aromatic N) is 1. The van der Waals surface area contributed by atoms with Crippen LogP contribution in [0, 0.1) is 16.7 Å². The maximum Gasteiger partial charge on any atom is 0.185 e. The molecule has 3 rings (SSSR count). The highest BCUT2D eigenvalue weighted by Crippen LogP contribution is 2.55. The van der Waals surface area contributed by atoms with Gasteiger partial charge in [-0.2, -0.15) is 0 Å². The molecule has 0 aliphatic rings. The second-order valence-electron chi connectivity index (χ2n) is 13.3. The van der Waals surface area contributed by atoms with E-state index < -0.39 is 0 Å². The second kappa shape index (κ2) is 13.1. The van der Waals surface area contributed by atoms with E-state index in [2.05, 4.69) is 116 Å². The molecule has 0 aliphatic heterocycles. The Labute approximate surface area is 250 Å². The Morgan fingerprint density at radius 3 is 1.78 bits per heavy atom. The maximum atomic E-state index is 14.0. The number of hydrogen-bond donors (Lipinski definition) is 0. The van der Waals surface area contributed by atoms with Crippen molar-refractivity contribution in [1.82, 2.24) is 4.90 Å². The van der Waals surface area contributed by atoms with Crippen LogP contribution in [0.3, 0.4) is 0 Å². The first-order chi connectivity index (χ1) is 19.2. The van der Waals surface area contributed by atoms with Gasteiger partial charge in [-0.15, -0.1) is 0 Å². The summed E-state index contributed by atoms with van der Waals surface area (Å²) in [6.45, 7) is 26.9. The summed E-state index contributed by atoms with van der Waals surface area (Å²) in [4.78, 5) is 16.0. The molecule has 0 N–H and O–H groups in total. The Balaban J connectivity index is 1.86. The summed E-state index contributed by atoms with van der Waals surface area (Å²) in [6, 6.07) is 27.0. The number of benzene rings is 3. The maximum absolute atomic E-state index is 14.0. The van der Waals surface area contributed by atoms with Gasteiger partial charge in [0, 0.05) is 23.9 Å². The normalized spacial score (nSPS) is 14.3. The summed E-state index contributed by atoms with van der Waals surface area (Å²) in [5, 5.41) is 0. The lowest BCUT2D eigenvalue weighted by molar-refractivity contribution is 0.0573.